The molecule has 0 spiro atoms. The summed E-state index contributed by atoms with van der Waals surface area (Å²) >= 11 is 2.45. The number of ether oxygens (including phenoxy) is 2. The van der Waals surface area contributed by atoms with Crippen LogP contribution in [0.4, 0.5) is 9.59 Å². The van der Waals surface area contributed by atoms with E-state index in [1.807, 2.05) is 0 Å². The summed E-state index contributed by atoms with van der Waals surface area (Å²) in [4.78, 5) is 58.9. The van der Waals surface area contributed by atoms with E-state index in [1.54, 1.807) is 38.9 Å². The second kappa shape index (κ2) is 9.10. The molecule has 0 bridgehead atoms. The third-order valence-corrected chi connectivity index (χ3v) is 6.43. The number of carbonyl (C=O) groups is 3. The van der Waals surface area contributed by atoms with Crippen molar-refractivity contribution in [1.82, 2.24) is 19.2 Å². The maximum absolute atomic E-state index is 13.4. The van der Waals surface area contributed by atoms with E-state index in [4.69, 9.17) is 9.47 Å². The van der Waals surface area contributed by atoms with Crippen LogP contribution in [-0.4, -0.2) is 69.3 Å². The molecule has 0 aromatic carbocycles. The molecule has 3 rings (SSSR count). The molecule has 2 aromatic heterocycles. The highest BCUT2D eigenvalue weighted by Gasteiger charge is 2.32. The average Bonchev–Trinajstić information content (AvgIpc) is 3.09. The van der Waals surface area contributed by atoms with Crippen molar-refractivity contribution in [3.63, 3.8) is 0 Å². The summed E-state index contributed by atoms with van der Waals surface area (Å²) < 4.78 is 11.7. The summed E-state index contributed by atoms with van der Waals surface area (Å²) in [5, 5.41) is 0.235. The van der Waals surface area contributed by atoms with Crippen molar-refractivity contribution < 1.29 is 23.9 Å². The second-order valence-corrected chi connectivity index (χ2v) is 9.96. The Balaban J connectivity index is 2.02. The van der Waals surface area contributed by atoms with E-state index < -0.39 is 29.3 Å². The largest absolute Gasteiger partial charge is 0.449 e. The van der Waals surface area contributed by atoms with Gasteiger partial charge in [0.15, 0.2) is 4.96 Å². The molecule has 0 unspecified atom stereocenters. The smallest absolute Gasteiger partial charge is 0.416 e. The summed E-state index contributed by atoms with van der Waals surface area (Å²) in [6.45, 7) is 7.81. The van der Waals surface area contributed by atoms with Crippen LogP contribution in [0, 0.1) is 0 Å². The minimum Gasteiger partial charge on any atom is -0.449 e. The molecular formula is C20H26N4O6S2. The lowest BCUT2D eigenvalue weighted by Crippen LogP contribution is -2.41. The van der Waals surface area contributed by atoms with Gasteiger partial charge >= 0.3 is 12.2 Å². The van der Waals surface area contributed by atoms with Crippen molar-refractivity contribution in [2.24, 2.45) is 0 Å². The third kappa shape index (κ3) is 4.60. The van der Waals surface area contributed by atoms with Crippen molar-refractivity contribution in [3.8, 4) is 0 Å². The molecule has 0 radical (unpaired) electrons. The molecule has 3 heterocycles. The fraction of sp³-hybridized carbons (Fsp3) is 0.550. The predicted octanol–water partition coefficient (Wildman–Crippen LogP) is 3.00. The van der Waals surface area contributed by atoms with Gasteiger partial charge in [0.25, 0.3) is 11.5 Å². The van der Waals surface area contributed by atoms with Gasteiger partial charge in [-0.2, -0.15) is 0 Å². The Morgan fingerprint density at radius 2 is 1.97 bits per heavy atom. The highest BCUT2D eigenvalue weighted by Crippen LogP contribution is 2.30. The standard InChI is InChI=1S/C20H26N4O6S2/c1-7-29-18(27)22(5)15(25)13-14(31-6)21-17-24(16(13)26)11-8-9-23(10-12(11)32-17)19(28)30-20(2,3)4/h7-10H2,1-6H3. The van der Waals surface area contributed by atoms with Gasteiger partial charge in [0.05, 0.1) is 13.2 Å². The van der Waals surface area contributed by atoms with Crippen molar-refractivity contribution in [2.45, 2.75) is 51.3 Å². The minimum atomic E-state index is -0.839. The summed E-state index contributed by atoms with van der Waals surface area (Å²) in [6.07, 6.45) is 0.861. The van der Waals surface area contributed by atoms with E-state index in [-0.39, 0.29) is 17.2 Å². The predicted molar refractivity (Wildman–Crippen MR) is 121 cm³/mol. The molecule has 1 aliphatic heterocycles. The molecule has 0 atom stereocenters. The van der Waals surface area contributed by atoms with Crippen LogP contribution in [0.1, 0.15) is 48.6 Å². The SMILES string of the molecule is CCOC(=O)N(C)C(=O)c1c(SC)nc2sc3c(n2c1=O)CCN(C(=O)OC(C)(C)C)C3. The van der Waals surface area contributed by atoms with Crippen molar-refractivity contribution in [2.75, 3.05) is 26.5 Å². The van der Waals surface area contributed by atoms with E-state index in [9.17, 15) is 19.2 Å². The van der Waals surface area contributed by atoms with Gasteiger partial charge in [-0.3, -0.25) is 14.0 Å². The molecule has 0 saturated heterocycles. The van der Waals surface area contributed by atoms with Gasteiger partial charge in [0.2, 0.25) is 0 Å². The third-order valence-electron chi connectivity index (χ3n) is 4.68. The van der Waals surface area contributed by atoms with Gasteiger partial charge in [-0.1, -0.05) is 11.3 Å². The first-order chi connectivity index (χ1) is 15.0. The zero-order valence-electron chi connectivity index (χ0n) is 18.9. The van der Waals surface area contributed by atoms with E-state index in [2.05, 4.69) is 4.98 Å². The number of aromatic nitrogens is 2. The normalized spacial score (nSPS) is 13.6. The van der Waals surface area contributed by atoms with E-state index in [0.29, 0.717) is 30.2 Å². The Kier molecular flexibility index (Phi) is 6.84. The summed E-state index contributed by atoms with van der Waals surface area (Å²) in [5.41, 5.74) is -0.615. The zero-order valence-corrected chi connectivity index (χ0v) is 20.5. The number of fused-ring (bicyclic) bond motifs is 3. The Bertz CT molecular complexity index is 1130. The Morgan fingerprint density at radius 3 is 2.56 bits per heavy atom. The van der Waals surface area contributed by atoms with Crippen molar-refractivity contribution in [1.29, 1.82) is 0 Å². The number of hydrogen-bond donors (Lipinski definition) is 0. The number of nitrogens with zero attached hydrogens (tertiary/aromatic N) is 4. The first-order valence-electron chi connectivity index (χ1n) is 10.0. The fourth-order valence-electron chi connectivity index (χ4n) is 3.24. The lowest BCUT2D eigenvalue weighted by molar-refractivity contribution is 0.0225. The zero-order chi connectivity index (χ0) is 23.8. The maximum Gasteiger partial charge on any atom is 0.416 e. The molecule has 3 amide bonds. The lowest BCUT2D eigenvalue weighted by atomic mass is 10.1. The number of carbonyl (C=O) groups excluding carboxylic acids is 3. The summed E-state index contributed by atoms with van der Waals surface area (Å²) in [6, 6.07) is 0. The number of thioether (sulfide) groups is 1. The number of rotatable bonds is 3. The molecule has 1 aliphatic rings. The Morgan fingerprint density at radius 1 is 1.28 bits per heavy atom. The number of imide groups is 1. The monoisotopic (exact) mass is 482 g/mol. The van der Waals surface area contributed by atoms with E-state index >= 15 is 0 Å². The second-order valence-electron chi connectivity index (χ2n) is 8.11. The highest BCUT2D eigenvalue weighted by molar-refractivity contribution is 7.98. The molecule has 0 saturated carbocycles. The molecule has 0 fully saturated rings. The van der Waals surface area contributed by atoms with Crippen LogP contribution in [0.25, 0.3) is 4.96 Å². The fourth-order valence-corrected chi connectivity index (χ4v) is 5.02. The molecule has 0 N–H and O–H groups in total. The van der Waals surface area contributed by atoms with Crippen LogP contribution in [-0.2, 0) is 22.4 Å². The number of hydrogen-bond acceptors (Lipinski definition) is 9. The average molecular weight is 483 g/mol. The maximum atomic E-state index is 13.4. The molecule has 32 heavy (non-hydrogen) atoms. The van der Waals surface area contributed by atoms with E-state index in [0.717, 1.165) is 21.5 Å². The van der Waals surface area contributed by atoms with Crippen LogP contribution in [0.15, 0.2) is 9.82 Å². The highest BCUT2D eigenvalue weighted by atomic mass is 32.2. The molecule has 10 nitrogen and oxygen atoms in total. The summed E-state index contributed by atoms with van der Waals surface area (Å²) in [7, 11) is 1.26. The van der Waals surface area contributed by atoms with Crippen molar-refractivity contribution >= 4 is 46.2 Å². The van der Waals surface area contributed by atoms with Gasteiger partial charge in [-0.25, -0.2) is 19.5 Å². The van der Waals surface area contributed by atoms with Gasteiger partial charge in [-0.15, -0.1) is 11.8 Å². The van der Waals surface area contributed by atoms with Crippen LogP contribution in [0.3, 0.4) is 0 Å². The number of amides is 3. The molecule has 12 heteroatoms. The molecule has 2 aromatic rings. The van der Waals surface area contributed by atoms with E-state index in [1.165, 1.54) is 22.8 Å². The lowest BCUT2D eigenvalue weighted by Gasteiger charge is -2.29. The van der Waals surface area contributed by atoms with Gasteiger partial charge in [0.1, 0.15) is 16.2 Å². The van der Waals surface area contributed by atoms with Gasteiger partial charge in [-0.05, 0) is 34.0 Å². The summed E-state index contributed by atoms with van der Waals surface area (Å²) in [5.74, 6) is -0.772. The molecule has 0 aliphatic carbocycles. The van der Waals surface area contributed by atoms with Crippen LogP contribution in [0.2, 0.25) is 0 Å². The number of thiazole rings is 1. The minimum absolute atomic E-state index is 0.105. The first-order valence-corrected chi connectivity index (χ1v) is 12.1. The molecule has 174 valence electrons. The Labute approximate surface area is 193 Å². The van der Waals surface area contributed by atoms with Crippen LogP contribution in [0.5, 0.6) is 0 Å². The van der Waals surface area contributed by atoms with Gasteiger partial charge in [0, 0.05) is 30.6 Å². The first kappa shape index (κ1) is 24.1. The topological polar surface area (TPSA) is 111 Å². The quantitative estimate of drug-likeness (QED) is 0.485. The van der Waals surface area contributed by atoms with Crippen LogP contribution < -0.4 is 5.56 Å². The van der Waals surface area contributed by atoms with Crippen molar-refractivity contribution in [3.05, 3.63) is 26.5 Å². The molecular weight excluding hydrogens is 456 g/mol. The van der Waals surface area contributed by atoms with Gasteiger partial charge < -0.3 is 14.4 Å². The Hall–Kier alpha value is -2.60. The van der Waals surface area contributed by atoms with Crippen LogP contribution >= 0.6 is 23.1 Å².